The number of carbonyl (C=O) groups excluding carboxylic acids is 1. The monoisotopic (exact) mass is 325 g/mol. The highest BCUT2D eigenvalue weighted by Crippen LogP contribution is 2.15. The molecule has 0 aliphatic rings. The highest BCUT2D eigenvalue weighted by atomic mass is 16.5. The van der Waals surface area contributed by atoms with Crippen molar-refractivity contribution in [2.45, 2.75) is 0 Å². The first-order valence-electron chi connectivity index (χ1n) is 7.40. The fraction of sp³-hybridized carbons (Fsp3) is 0.158. The van der Waals surface area contributed by atoms with Crippen LogP contribution < -0.4 is 9.64 Å². The quantitative estimate of drug-likeness (QED) is 0.626. The molecule has 0 fully saturated rings. The molecule has 124 valence electrons. The van der Waals surface area contributed by atoms with Crippen molar-refractivity contribution in [2.24, 2.45) is 0 Å². The second-order valence-electron chi connectivity index (χ2n) is 5.39. The molecular weight excluding hydrogens is 306 g/mol. The zero-order chi connectivity index (χ0) is 17.5. The number of allylic oxidation sites excluding steroid dienone is 1. The van der Waals surface area contributed by atoms with Gasteiger partial charge in [0.1, 0.15) is 5.75 Å². The highest BCUT2D eigenvalue weighted by molar-refractivity contribution is 6.06. The van der Waals surface area contributed by atoms with Crippen molar-refractivity contribution >= 4 is 23.5 Å². The van der Waals surface area contributed by atoms with E-state index in [1.165, 1.54) is 6.08 Å². The lowest BCUT2D eigenvalue weighted by Crippen LogP contribution is -2.09. The van der Waals surface area contributed by atoms with Gasteiger partial charge in [-0.3, -0.25) is 4.79 Å². The standard InChI is InChI=1S/C19H19NO4/c1-20(2)16-8-3-14(4-9-16)5-12-18(21)15-6-10-17(11-7-15)24-13-19(22)23/h3-12H,13H2,1-2H3,(H,22,23)/b12-5+. The lowest BCUT2D eigenvalue weighted by Gasteiger charge is -2.11. The van der Waals surface area contributed by atoms with Crippen molar-refractivity contribution in [3.05, 3.63) is 65.7 Å². The minimum Gasteiger partial charge on any atom is -0.482 e. The number of ether oxygens (including phenoxy) is 1. The summed E-state index contributed by atoms with van der Waals surface area (Å²) in [6, 6.07) is 14.2. The smallest absolute Gasteiger partial charge is 0.341 e. The zero-order valence-electron chi connectivity index (χ0n) is 13.6. The van der Waals surface area contributed by atoms with Gasteiger partial charge in [0.15, 0.2) is 12.4 Å². The molecule has 0 atom stereocenters. The van der Waals surface area contributed by atoms with Gasteiger partial charge < -0.3 is 14.7 Å². The molecule has 0 aromatic heterocycles. The minimum absolute atomic E-state index is 0.128. The Labute approximate surface area is 140 Å². The first-order valence-corrected chi connectivity index (χ1v) is 7.40. The van der Waals surface area contributed by atoms with Crippen molar-refractivity contribution in [2.75, 3.05) is 25.6 Å². The predicted molar refractivity (Wildman–Crippen MR) is 93.7 cm³/mol. The average Bonchev–Trinajstić information content (AvgIpc) is 2.58. The Morgan fingerprint density at radius 2 is 1.67 bits per heavy atom. The van der Waals surface area contributed by atoms with Gasteiger partial charge in [-0.2, -0.15) is 0 Å². The van der Waals surface area contributed by atoms with Crippen molar-refractivity contribution in [1.29, 1.82) is 0 Å². The van der Waals surface area contributed by atoms with Crippen LogP contribution >= 0.6 is 0 Å². The largest absolute Gasteiger partial charge is 0.482 e. The summed E-state index contributed by atoms with van der Waals surface area (Å²) in [6.45, 7) is -0.407. The molecule has 0 amide bonds. The number of hydrogen-bond donors (Lipinski definition) is 1. The normalized spacial score (nSPS) is 10.6. The Bertz CT molecular complexity index is 731. The van der Waals surface area contributed by atoms with Gasteiger partial charge in [0.05, 0.1) is 0 Å². The summed E-state index contributed by atoms with van der Waals surface area (Å²) >= 11 is 0. The third-order valence-electron chi connectivity index (χ3n) is 3.34. The number of anilines is 1. The van der Waals surface area contributed by atoms with E-state index in [0.29, 0.717) is 11.3 Å². The minimum atomic E-state index is -1.04. The van der Waals surface area contributed by atoms with Crippen LogP contribution in [0, 0.1) is 0 Å². The molecule has 1 N–H and O–H groups in total. The molecule has 2 aromatic rings. The summed E-state index contributed by atoms with van der Waals surface area (Å²) in [6.07, 6.45) is 3.27. The van der Waals surface area contributed by atoms with Crippen molar-refractivity contribution < 1.29 is 19.4 Å². The van der Waals surface area contributed by atoms with E-state index in [2.05, 4.69) is 0 Å². The van der Waals surface area contributed by atoms with Gasteiger partial charge in [-0.25, -0.2) is 4.79 Å². The fourth-order valence-electron chi connectivity index (χ4n) is 2.01. The van der Waals surface area contributed by atoms with E-state index >= 15 is 0 Å². The molecule has 0 heterocycles. The lowest BCUT2D eigenvalue weighted by atomic mass is 10.1. The average molecular weight is 325 g/mol. The summed E-state index contributed by atoms with van der Waals surface area (Å²) in [4.78, 5) is 24.6. The second kappa shape index (κ2) is 7.97. The summed E-state index contributed by atoms with van der Waals surface area (Å²) < 4.78 is 5.03. The summed E-state index contributed by atoms with van der Waals surface area (Å²) in [5.41, 5.74) is 2.55. The van der Waals surface area contributed by atoms with Crippen LogP contribution in [-0.2, 0) is 4.79 Å². The molecule has 5 nitrogen and oxygen atoms in total. The number of carboxylic acid groups (broad SMARTS) is 1. The van der Waals surface area contributed by atoms with Crippen LogP contribution in [0.15, 0.2) is 54.6 Å². The number of ketones is 1. The Hall–Kier alpha value is -3.08. The maximum Gasteiger partial charge on any atom is 0.341 e. The summed E-state index contributed by atoms with van der Waals surface area (Å²) in [7, 11) is 3.94. The molecule has 0 aliphatic heterocycles. The SMILES string of the molecule is CN(C)c1ccc(/C=C/C(=O)c2ccc(OCC(=O)O)cc2)cc1. The summed E-state index contributed by atoms with van der Waals surface area (Å²) in [5, 5.41) is 8.55. The number of hydrogen-bond acceptors (Lipinski definition) is 4. The third kappa shape index (κ3) is 4.98. The first-order chi connectivity index (χ1) is 11.5. The van der Waals surface area contributed by atoms with Crippen LogP contribution in [0.25, 0.3) is 6.08 Å². The molecule has 0 spiro atoms. The summed E-state index contributed by atoms with van der Waals surface area (Å²) in [5.74, 6) is -0.757. The molecule has 2 aromatic carbocycles. The number of aliphatic carboxylic acids is 1. The van der Waals surface area contributed by atoms with E-state index in [1.807, 2.05) is 43.3 Å². The van der Waals surface area contributed by atoms with Crippen LogP contribution in [0.5, 0.6) is 5.75 Å². The van der Waals surface area contributed by atoms with Gasteiger partial charge in [-0.1, -0.05) is 18.2 Å². The Balaban J connectivity index is 1.99. The van der Waals surface area contributed by atoms with Crippen molar-refractivity contribution in [1.82, 2.24) is 0 Å². The van der Waals surface area contributed by atoms with Crippen molar-refractivity contribution in [3.63, 3.8) is 0 Å². The molecule has 0 saturated heterocycles. The van der Waals surface area contributed by atoms with E-state index in [4.69, 9.17) is 9.84 Å². The Morgan fingerprint density at radius 3 is 2.21 bits per heavy atom. The van der Waals surface area contributed by atoms with Gasteiger partial charge in [0.25, 0.3) is 0 Å². The van der Waals surface area contributed by atoms with Gasteiger partial charge in [-0.15, -0.1) is 0 Å². The van der Waals surface area contributed by atoms with Crippen LogP contribution in [0.3, 0.4) is 0 Å². The van der Waals surface area contributed by atoms with E-state index in [9.17, 15) is 9.59 Å². The molecule has 0 radical (unpaired) electrons. The lowest BCUT2D eigenvalue weighted by molar-refractivity contribution is -0.139. The zero-order valence-corrected chi connectivity index (χ0v) is 13.6. The number of carboxylic acids is 1. The molecule has 5 heteroatoms. The molecule has 0 saturated carbocycles. The number of benzene rings is 2. The first kappa shape index (κ1) is 17.3. The molecule has 24 heavy (non-hydrogen) atoms. The Kier molecular flexibility index (Phi) is 5.73. The van der Waals surface area contributed by atoms with Crippen LogP contribution in [0.2, 0.25) is 0 Å². The Morgan fingerprint density at radius 1 is 1.04 bits per heavy atom. The van der Waals surface area contributed by atoms with Gasteiger partial charge in [0, 0.05) is 25.3 Å². The van der Waals surface area contributed by atoms with E-state index in [0.717, 1.165) is 11.3 Å². The van der Waals surface area contributed by atoms with E-state index < -0.39 is 12.6 Å². The van der Waals surface area contributed by atoms with Crippen LogP contribution in [-0.4, -0.2) is 37.6 Å². The van der Waals surface area contributed by atoms with Gasteiger partial charge in [-0.05, 0) is 48.0 Å². The third-order valence-corrected chi connectivity index (χ3v) is 3.34. The highest BCUT2D eigenvalue weighted by Gasteiger charge is 2.04. The topological polar surface area (TPSA) is 66.8 Å². The predicted octanol–water partition coefficient (Wildman–Crippen LogP) is 3.11. The van der Waals surface area contributed by atoms with E-state index in [1.54, 1.807) is 30.3 Å². The number of nitrogens with zero attached hydrogens (tertiary/aromatic N) is 1. The van der Waals surface area contributed by atoms with Crippen LogP contribution in [0.4, 0.5) is 5.69 Å². The molecule has 0 unspecified atom stereocenters. The maximum absolute atomic E-state index is 12.1. The van der Waals surface area contributed by atoms with Gasteiger partial charge in [0.2, 0.25) is 0 Å². The second-order valence-corrected chi connectivity index (χ2v) is 5.39. The number of carbonyl (C=O) groups is 2. The van der Waals surface area contributed by atoms with Crippen molar-refractivity contribution in [3.8, 4) is 5.75 Å². The fourth-order valence-corrected chi connectivity index (χ4v) is 2.01. The van der Waals surface area contributed by atoms with Gasteiger partial charge >= 0.3 is 5.97 Å². The van der Waals surface area contributed by atoms with Crippen LogP contribution in [0.1, 0.15) is 15.9 Å². The number of rotatable bonds is 7. The molecular formula is C19H19NO4. The molecule has 2 rings (SSSR count). The molecule has 0 bridgehead atoms. The van der Waals surface area contributed by atoms with E-state index in [-0.39, 0.29) is 5.78 Å². The molecule has 0 aliphatic carbocycles. The maximum atomic E-state index is 12.1.